The average Bonchev–Trinajstić information content (AvgIpc) is 3.17. The first-order chi connectivity index (χ1) is 24.9. The largest absolute Gasteiger partial charge is 0.481 e. The van der Waals surface area contributed by atoms with Crippen LogP contribution in [0, 0.1) is 0 Å². The van der Waals surface area contributed by atoms with E-state index in [-0.39, 0.29) is 31.1 Å². The molecule has 0 bridgehead atoms. The molecule has 11 heteroatoms. The van der Waals surface area contributed by atoms with E-state index in [0.717, 1.165) is 78.5 Å². The highest BCUT2D eigenvalue weighted by atomic mass is 16.7. The van der Waals surface area contributed by atoms with Crippen LogP contribution in [0.25, 0.3) is 11.1 Å². The first kappa shape index (κ1) is 36.1. The van der Waals surface area contributed by atoms with Crippen LogP contribution in [0.1, 0.15) is 73.2 Å². The molecule has 2 aliphatic heterocycles. The van der Waals surface area contributed by atoms with Crippen molar-refractivity contribution in [2.75, 3.05) is 37.6 Å². The third-order valence-corrected chi connectivity index (χ3v) is 9.49. The number of aliphatic carboxylic acids is 1. The van der Waals surface area contributed by atoms with Crippen molar-refractivity contribution in [1.29, 1.82) is 0 Å². The standard InChI is InChI=1S/C40H47N5O6/c46-28-29-13-15-31(16-14-29)36-25-35(27-44-19-21-45(22-20-44)40-41-17-6-18-42-40)50-39(51-36)34-10-5-9-33(24-34)32-8-4-7-30(23-32)26-43-37(47)11-2-1-3-12-38(48)49/h4-10,13-18,23-24,35-36,39,46H,1-3,11-12,19-22,25-28H2,(H,43,47)(H,48,49)/t35-,36+,39+/m0/s1. The van der Waals surface area contributed by atoms with Gasteiger partial charge in [-0.2, -0.15) is 0 Å². The van der Waals surface area contributed by atoms with Crippen LogP contribution in [0.15, 0.2) is 91.3 Å². The topological polar surface area (TPSA) is 137 Å². The van der Waals surface area contributed by atoms with E-state index >= 15 is 0 Å². The normalized spacial score (nSPS) is 19.5. The maximum absolute atomic E-state index is 12.4. The van der Waals surface area contributed by atoms with Crippen LogP contribution in [0.5, 0.6) is 0 Å². The number of carboxylic acid groups (broad SMARTS) is 1. The number of benzene rings is 3. The van der Waals surface area contributed by atoms with Gasteiger partial charge in [0, 0.05) is 76.5 Å². The number of hydrogen-bond donors (Lipinski definition) is 3. The number of anilines is 1. The minimum atomic E-state index is -0.803. The Morgan fingerprint density at radius 3 is 2.25 bits per heavy atom. The predicted octanol–water partition coefficient (Wildman–Crippen LogP) is 5.65. The van der Waals surface area contributed by atoms with E-state index in [2.05, 4.69) is 49.4 Å². The second kappa shape index (κ2) is 18.0. The number of piperazine rings is 1. The lowest BCUT2D eigenvalue weighted by Crippen LogP contribution is -2.50. The molecule has 11 nitrogen and oxygen atoms in total. The van der Waals surface area contributed by atoms with Crippen LogP contribution < -0.4 is 10.2 Å². The van der Waals surface area contributed by atoms with Gasteiger partial charge in [0.1, 0.15) is 0 Å². The summed E-state index contributed by atoms with van der Waals surface area (Å²) in [7, 11) is 0. The van der Waals surface area contributed by atoms with Gasteiger partial charge in [0.15, 0.2) is 6.29 Å². The summed E-state index contributed by atoms with van der Waals surface area (Å²) in [6.45, 7) is 4.67. The number of carbonyl (C=O) groups is 2. The van der Waals surface area contributed by atoms with Gasteiger partial charge in [-0.15, -0.1) is 0 Å². The van der Waals surface area contributed by atoms with E-state index < -0.39 is 12.3 Å². The molecular formula is C40H47N5O6. The van der Waals surface area contributed by atoms with Crippen molar-refractivity contribution in [2.45, 2.75) is 70.2 Å². The van der Waals surface area contributed by atoms with Crippen molar-refractivity contribution >= 4 is 17.8 Å². The average molecular weight is 694 g/mol. The number of aliphatic hydroxyl groups excluding tert-OH is 1. The Morgan fingerprint density at radius 2 is 1.51 bits per heavy atom. The molecule has 4 aromatic rings. The van der Waals surface area contributed by atoms with Gasteiger partial charge in [0.05, 0.1) is 18.8 Å². The van der Waals surface area contributed by atoms with E-state index in [0.29, 0.717) is 32.2 Å². The van der Waals surface area contributed by atoms with Crippen LogP contribution >= 0.6 is 0 Å². The molecular weight excluding hydrogens is 646 g/mol. The van der Waals surface area contributed by atoms with E-state index in [1.807, 2.05) is 54.6 Å². The Balaban J connectivity index is 1.11. The van der Waals surface area contributed by atoms with E-state index in [1.165, 1.54) is 0 Å². The van der Waals surface area contributed by atoms with Crippen molar-refractivity contribution in [3.8, 4) is 11.1 Å². The van der Waals surface area contributed by atoms with Crippen LogP contribution in [0.2, 0.25) is 0 Å². The number of amides is 1. The second-order valence-electron chi connectivity index (χ2n) is 13.2. The Labute approximate surface area is 299 Å². The quantitative estimate of drug-likeness (QED) is 0.134. The molecule has 3 aromatic carbocycles. The predicted molar refractivity (Wildman–Crippen MR) is 194 cm³/mol. The number of nitrogens with one attached hydrogen (secondary N) is 1. The third kappa shape index (κ3) is 10.4. The van der Waals surface area contributed by atoms with Gasteiger partial charge in [-0.25, -0.2) is 9.97 Å². The van der Waals surface area contributed by atoms with Crippen molar-refractivity contribution in [3.63, 3.8) is 0 Å². The molecule has 0 saturated carbocycles. The van der Waals surface area contributed by atoms with E-state index in [1.54, 1.807) is 12.4 Å². The number of unbranched alkanes of at least 4 members (excludes halogenated alkanes) is 2. The molecule has 268 valence electrons. The first-order valence-electron chi connectivity index (χ1n) is 17.9. The van der Waals surface area contributed by atoms with Gasteiger partial charge < -0.3 is 29.9 Å². The lowest BCUT2D eigenvalue weighted by atomic mass is 9.98. The van der Waals surface area contributed by atoms with E-state index in [9.17, 15) is 14.7 Å². The molecule has 0 radical (unpaired) electrons. The van der Waals surface area contributed by atoms with Gasteiger partial charge in [0.25, 0.3) is 0 Å². The molecule has 6 rings (SSSR count). The highest BCUT2D eigenvalue weighted by molar-refractivity contribution is 5.76. The second-order valence-corrected chi connectivity index (χ2v) is 13.2. The monoisotopic (exact) mass is 693 g/mol. The summed E-state index contributed by atoms with van der Waals surface area (Å²) in [5, 5.41) is 21.4. The Morgan fingerprint density at radius 1 is 0.784 bits per heavy atom. The SMILES string of the molecule is O=C(O)CCCCCC(=O)NCc1cccc(-c2cccc([C@@H]3O[C@H](CN4CCN(c5ncccn5)CC4)C[C@H](c4ccc(CO)cc4)O3)c2)c1. The molecule has 3 N–H and O–H groups in total. The molecule has 1 amide bonds. The fraction of sp³-hybridized carbons (Fsp3) is 0.400. The first-order valence-corrected chi connectivity index (χ1v) is 17.9. The molecule has 3 atom stereocenters. The summed E-state index contributed by atoms with van der Waals surface area (Å²) < 4.78 is 13.4. The van der Waals surface area contributed by atoms with Crippen molar-refractivity contribution < 1.29 is 29.3 Å². The van der Waals surface area contributed by atoms with E-state index in [4.69, 9.17) is 14.6 Å². The summed E-state index contributed by atoms with van der Waals surface area (Å²) in [5.74, 6) is -0.0720. The number of ether oxygens (including phenoxy) is 2. The number of nitrogens with zero attached hydrogens (tertiary/aromatic N) is 4. The summed E-state index contributed by atoms with van der Waals surface area (Å²) >= 11 is 0. The molecule has 51 heavy (non-hydrogen) atoms. The van der Waals surface area contributed by atoms with Gasteiger partial charge in [-0.1, -0.05) is 67.1 Å². The summed E-state index contributed by atoms with van der Waals surface area (Å²) in [6, 6.07) is 26.2. The Bertz CT molecular complexity index is 1710. The van der Waals surface area contributed by atoms with Crippen molar-refractivity contribution in [1.82, 2.24) is 20.2 Å². The number of aromatic nitrogens is 2. The molecule has 0 aliphatic carbocycles. The van der Waals surface area contributed by atoms with Crippen molar-refractivity contribution in [3.05, 3.63) is 114 Å². The number of carboxylic acids is 1. The number of hydrogen-bond acceptors (Lipinski definition) is 9. The van der Waals surface area contributed by atoms with Gasteiger partial charge in [0.2, 0.25) is 11.9 Å². The molecule has 0 spiro atoms. The highest BCUT2D eigenvalue weighted by Gasteiger charge is 2.34. The molecule has 3 heterocycles. The number of aliphatic hydroxyl groups is 1. The maximum Gasteiger partial charge on any atom is 0.303 e. The zero-order chi connectivity index (χ0) is 35.4. The number of rotatable bonds is 15. The zero-order valence-corrected chi connectivity index (χ0v) is 28.9. The molecule has 0 unspecified atom stereocenters. The van der Waals surface area contributed by atoms with Gasteiger partial charge >= 0.3 is 5.97 Å². The summed E-state index contributed by atoms with van der Waals surface area (Å²) in [6.07, 6.45) is 5.98. The smallest absolute Gasteiger partial charge is 0.303 e. The van der Waals surface area contributed by atoms with Crippen LogP contribution in [0.3, 0.4) is 0 Å². The minimum absolute atomic E-state index is 0.00326. The number of carbonyl (C=O) groups excluding carboxylic acids is 1. The Hall–Kier alpha value is -4.68. The van der Waals surface area contributed by atoms with Crippen LogP contribution in [0.4, 0.5) is 5.95 Å². The molecule has 2 saturated heterocycles. The molecule has 1 aromatic heterocycles. The van der Waals surface area contributed by atoms with Crippen LogP contribution in [-0.4, -0.2) is 75.8 Å². The van der Waals surface area contributed by atoms with Gasteiger partial charge in [-0.05, 0) is 58.9 Å². The summed E-state index contributed by atoms with van der Waals surface area (Å²) in [5.41, 5.74) is 5.90. The van der Waals surface area contributed by atoms with Crippen molar-refractivity contribution in [2.24, 2.45) is 0 Å². The zero-order valence-electron chi connectivity index (χ0n) is 28.9. The van der Waals surface area contributed by atoms with Crippen LogP contribution in [-0.2, 0) is 32.2 Å². The molecule has 2 fully saturated rings. The lowest BCUT2D eigenvalue weighted by Gasteiger charge is -2.40. The Kier molecular flexibility index (Phi) is 12.8. The minimum Gasteiger partial charge on any atom is -0.481 e. The summed E-state index contributed by atoms with van der Waals surface area (Å²) in [4.78, 5) is 36.6. The lowest BCUT2D eigenvalue weighted by molar-refractivity contribution is -0.253. The fourth-order valence-corrected chi connectivity index (χ4v) is 6.66. The third-order valence-electron chi connectivity index (χ3n) is 9.49. The highest BCUT2D eigenvalue weighted by Crippen LogP contribution is 2.39. The van der Waals surface area contributed by atoms with Gasteiger partial charge in [-0.3, -0.25) is 14.5 Å². The maximum atomic E-state index is 12.4. The fourth-order valence-electron chi connectivity index (χ4n) is 6.66. The molecule has 2 aliphatic rings.